The molecule has 1 N–H and O–H groups in total. The first-order valence-corrected chi connectivity index (χ1v) is 7.35. The number of carboxylic acids is 1. The zero-order valence-corrected chi connectivity index (χ0v) is 13.2. The number of nitrogens with zero attached hydrogens (tertiary/aromatic N) is 2. The van der Waals surface area contributed by atoms with Crippen LogP contribution < -0.4 is 0 Å². The molecule has 1 saturated heterocycles. The molecule has 0 bridgehead atoms. The number of piperidine rings is 1. The fraction of sp³-hybridized carbons (Fsp3) is 0.667. The van der Waals surface area contributed by atoms with E-state index in [2.05, 4.69) is 4.98 Å². The molecule has 1 amide bonds. The van der Waals surface area contributed by atoms with Crippen molar-refractivity contribution in [2.24, 2.45) is 5.41 Å². The van der Waals surface area contributed by atoms with Gasteiger partial charge in [-0.15, -0.1) is 0 Å². The summed E-state index contributed by atoms with van der Waals surface area (Å²) in [6, 6.07) is 0. The molecule has 7 nitrogen and oxygen atoms in total. The van der Waals surface area contributed by atoms with E-state index < -0.39 is 11.4 Å². The van der Waals surface area contributed by atoms with Gasteiger partial charge in [0.2, 0.25) is 5.76 Å². The van der Waals surface area contributed by atoms with E-state index in [9.17, 15) is 14.7 Å². The molecule has 122 valence electrons. The van der Waals surface area contributed by atoms with Crippen LogP contribution >= 0.6 is 0 Å². The van der Waals surface area contributed by atoms with Crippen LogP contribution in [0, 0.1) is 19.3 Å². The van der Waals surface area contributed by atoms with Gasteiger partial charge in [-0.25, -0.2) is 4.98 Å². The van der Waals surface area contributed by atoms with Crippen molar-refractivity contribution in [1.29, 1.82) is 0 Å². The van der Waals surface area contributed by atoms with Crippen LogP contribution in [0.25, 0.3) is 0 Å². The van der Waals surface area contributed by atoms with Crippen LogP contribution in [0.4, 0.5) is 0 Å². The normalized spacial score (nSPS) is 21.9. The van der Waals surface area contributed by atoms with E-state index in [1.165, 1.54) is 0 Å². The Balaban J connectivity index is 2.20. The number of aromatic nitrogens is 1. The quantitative estimate of drug-likeness (QED) is 0.888. The highest BCUT2D eigenvalue weighted by molar-refractivity contribution is 5.93. The fourth-order valence-corrected chi connectivity index (χ4v) is 2.96. The SMILES string of the molecule is COCC[C@@]1(C(=O)O)CCCN(C(=O)c2oc(C)nc2C)C1. The van der Waals surface area contributed by atoms with Gasteiger partial charge in [0.05, 0.1) is 11.1 Å². The van der Waals surface area contributed by atoms with Crippen molar-refractivity contribution in [2.45, 2.75) is 33.1 Å². The minimum Gasteiger partial charge on any atom is -0.481 e. The topological polar surface area (TPSA) is 92.9 Å². The number of amides is 1. The highest BCUT2D eigenvalue weighted by atomic mass is 16.5. The van der Waals surface area contributed by atoms with Crippen LogP contribution in [0.2, 0.25) is 0 Å². The zero-order chi connectivity index (χ0) is 16.3. The Labute approximate surface area is 129 Å². The van der Waals surface area contributed by atoms with Gasteiger partial charge in [-0.2, -0.15) is 0 Å². The van der Waals surface area contributed by atoms with Crippen molar-refractivity contribution >= 4 is 11.9 Å². The van der Waals surface area contributed by atoms with Crippen LogP contribution in [0.3, 0.4) is 0 Å². The summed E-state index contributed by atoms with van der Waals surface area (Å²) < 4.78 is 10.4. The molecule has 2 heterocycles. The van der Waals surface area contributed by atoms with E-state index in [4.69, 9.17) is 9.15 Å². The van der Waals surface area contributed by atoms with Crippen molar-refractivity contribution in [1.82, 2.24) is 9.88 Å². The third kappa shape index (κ3) is 3.14. The fourth-order valence-electron chi connectivity index (χ4n) is 2.96. The lowest BCUT2D eigenvalue weighted by atomic mass is 9.77. The van der Waals surface area contributed by atoms with Crippen LogP contribution in [0.1, 0.15) is 41.4 Å². The number of hydrogen-bond donors (Lipinski definition) is 1. The summed E-state index contributed by atoms with van der Waals surface area (Å²) in [5, 5.41) is 9.61. The Morgan fingerprint density at radius 2 is 2.18 bits per heavy atom. The molecular weight excluding hydrogens is 288 g/mol. The molecule has 7 heteroatoms. The van der Waals surface area contributed by atoms with Gasteiger partial charge in [0.1, 0.15) is 0 Å². The third-order valence-corrected chi connectivity index (χ3v) is 4.20. The highest BCUT2D eigenvalue weighted by Crippen LogP contribution is 2.34. The Morgan fingerprint density at radius 3 is 2.73 bits per heavy atom. The monoisotopic (exact) mass is 310 g/mol. The number of methoxy groups -OCH3 is 1. The summed E-state index contributed by atoms with van der Waals surface area (Å²) in [4.78, 5) is 30.0. The second-order valence-electron chi connectivity index (χ2n) is 5.81. The van der Waals surface area contributed by atoms with Crippen LogP contribution in [-0.2, 0) is 9.53 Å². The Bertz CT molecular complexity index is 568. The maximum absolute atomic E-state index is 12.6. The molecule has 2 rings (SSSR count). The van der Waals surface area contributed by atoms with Gasteiger partial charge >= 0.3 is 5.97 Å². The van der Waals surface area contributed by atoms with E-state index in [-0.39, 0.29) is 18.2 Å². The third-order valence-electron chi connectivity index (χ3n) is 4.20. The number of carbonyl (C=O) groups is 2. The molecule has 0 saturated carbocycles. The lowest BCUT2D eigenvalue weighted by Crippen LogP contribution is -2.50. The molecule has 0 aliphatic carbocycles. The molecule has 0 aromatic carbocycles. The van der Waals surface area contributed by atoms with Crippen LogP contribution in [-0.4, -0.2) is 53.7 Å². The van der Waals surface area contributed by atoms with Crippen LogP contribution in [0.15, 0.2) is 4.42 Å². The number of oxazole rings is 1. The number of likely N-dealkylation sites (tertiary alicyclic amines) is 1. The van der Waals surface area contributed by atoms with E-state index in [0.29, 0.717) is 44.0 Å². The standard InChI is InChI=1S/C15H22N2O5/c1-10-12(22-11(2)16-10)13(18)17-7-4-5-15(9-17,14(19)20)6-8-21-3/h4-9H2,1-3H3,(H,19,20)/t15-/m0/s1. The molecule has 1 aromatic heterocycles. The molecule has 0 spiro atoms. The van der Waals surface area contributed by atoms with Gasteiger partial charge in [-0.05, 0) is 26.2 Å². The summed E-state index contributed by atoms with van der Waals surface area (Å²) in [6.45, 7) is 4.45. The first kappa shape index (κ1) is 16.5. The van der Waals surface area contributed by atoms with Crippen molar-refractivity contribution in [3.8, 4) is 0 Å². The summed E-state index contributed by atoms with van der Waals surface area (Å²) in [5.41, 5.74) is -0.418. The second kappa shape index (κ2) is 6.48. The average Bonchev–Trinajstić information content (AvgIpc) is 2.83. The van der Waals surface area contributed by atoms with Gasteiger partial charge < -0.3 is 19.2 Å². The highest BCUT2D eigenvalue weighted by Gasteiger charge is 2.44. The first-order valence-electron chi connectivity index (χ1n) is 7.35. The molecule has 0 radical (unpaired) electrons. The average molecular weight is 310 g/mol. The summed E-state index contributed by atoms with van der Waals surface area (Å²) >= 11 is 0. The van der Waals surface area contributed by atoms with E-state index >= 15 is 0 Å². The molecule has 1 fully saturated rings. The molecule has 1 aliphatic heterocycles. The Morgan fingerprint density at radius 1 is 1.45 bits per heavy atom. The summed E-state index contributed by atoms with van der Waals surface area (Å²) in [5.74, 6) is -0.541. The van der Waals surface area contributed by atoms with Crippen molar-refractivity contribution < 1.29 is 23.8 Å². The minimum atomic E-state index is -0.951. The van der Waals surface area contributed by atoms with Crippen LogP contribution in [0.5, 0.6) is 0 Å². The number of aliphatic carboxylic acids is 1. The predicted molar refractivity (Wildman–Crippen MR) is 77.7 cm³/mol. The van der Waals surface area contributed by atoms with E-state index in [1.54, 1.807) is 25.9 Å². The van der Waals surface area contributed by atoms with Gasteiger partial charge in [0, 0.05) is 33.7 Å². The number of ether oxygens (including phenoxy) is 1. The number of aryl methyl sites for hydroxylation is 2. The Kier molecular flexibility index (Phi) is 4.85. The van der Waals surface area contributed by atoms with Gasteiger partial charge in [0.25, 0.3) is 5.91 Å². The maximum atomic E-state index is 12.6. The van der Waals surface area contributed by atoms with Gasteiger partial charge in [-0.3, -0.25) is 9.59 Å². The lowest BCUT2D eigenvalue weighted by Gasteiger charge is -2.39. The van der Waals surface area contributed by atoms with Gasteiger partial charge in [-0.1, -0.05) is 0 Å². The summed E-state index contributed by atoms with van der Waals surface area (Å²) in [6.07, 6.45) is 1.58. The minimum absolute atomic E-state index is 0.170. The number of hydrogen-bond acceptors (Lipinski definition) is 5. The second-order valence-corrected chi connectivity index (χ2v) is 5.81. The molecule has 1 aliphatic rings. The predicted octanol–water partition coefficient (Wildman–Crippen LogP) is 1.63. The largest absolute Gasteiger partial charge is 0.481 e. The summed E-state index contributed by atoms with van der Waals surface area (Å²) in [7, 11) is 1.54. The maximum Gasteiger partial charge on any atom is 0.311 e. The van der Waals surface area contributed by atoms with Crippen molar-refractivity contribution in [3.63, 3.8) is 0 Å². The smallest absolute Gasteiger partial charge is 0.311 e. The zero-order valence-electron chi connectivity index (χ0n) is 13.2. The van der Waals surface area contributed by atoms with Gasteiger partial charge in [0.15, 0.2) is 5.89 Å². The molecule has 1 atom stereocenters. The van der Waals surface area contributed by atoms with Crippen molar-refractivity contribution in [2.75, 3.05) is 26.8 Å². The van der Waals surface area contributed by atoms with Crippen molar-refractivity contribution in [3.05, 3.63) is 17.3 Å². The molecular formula is C15H22N2O5. The number of carbonyl (C=O) groups excluding carboxylic acids is 1. The first-order chi connectivity index (χ1) is 10.4. The Hall–Kier alpha value is -1.89. The molecule has 1 aromatic rings. The van der Waals surface area contributed by atoms with E-state index in [1.807, 2.05) is 0 Å². The number of carboxylic acid groups (broad SMARTS) is 1. The lowest BCUT2D eigenvalue weighted by molar-refractivity contribution is -0.153. The van der Waals surface area contributed by atoms with E-state index in [0.717, 1.165) is 0 Å². The molecule has 0 unspecified atom stereocenters. The number of rotatable bonds is 5. The molecule has 22 heavy (non-hydrogen) atoms.